The highest BCUT2D eigenvalue weighted by Gasteiger charge is 2.20. The second kappa shape index (κ2) is 7.75. The molecule has 0 bridgehead atoms. The summed E-state index contributed by atoms with van der Waals surface area (Å²) in [7, 11) is 0. The van der Waals surface area contributed by atoms with Crippen LogP contribution < -0.4 is 5.43 Å². The van der Waals surface area contributed by atoms with Crippen molar-refractivity contribution in [2.45, 2.75) is 5.92 Å². The molecule has 3 heteroatoms. The summed E-state index contributed by atoms with van der Waals surface area (Å²) in [5, 5.41) is 14.0. The molecule has 0 saturated heterocycles. The first-order valence-electron chi connectivity index (χ1n) is 7.77. The molecule has 0 fully saturated rings. The van der Waals surface area contributed by atoms with Crippen molar-refractivity contribution >= 4 is 11.4 Å². The van der Waals surface area contributed by atoms with Crippen molar-refractivity contribution in [1.29, 1.82) is 5.26 Å². The van der Waals surface area contributed by atoms with Crippen molar-refractivity contribution in [3.63, 3.8) is 0 Å². The number of hydrogen-bond donors (Lipinski definition) is 1. The van der Waals surface area contributed by atoms with Gasteiger partial charge in [-0.15, -0.1) is 0 Å². The lowest BCUT2D eigenvalue weighted by Crippen LogP contribution is -2.14. The number of hydrogen-bond acceptors (Lipinski definition) is 3. The van der Waals surface area contributed by atoms with Crippen molar-refractivity contribution in [3.8, 4) is 6.07 Å². The first kappa shape index (κ1) is 15.5. The molecule has 0 radical (unpaired) electrons. The quantitative estimate of drug-likeness (QED) is 0.543. The van der Waals surface area contributed by atoms with Gasteiger partial charge in [0, 0.05) is 0 Å². The Morgan fingerprint density at radius 2 is 1.21 bits per heavy atom. The molecule has 3 rings (SSSR count). The van der Waals surface area contributed by atoms with Crippen molar-refractivity contribution < 1.29 is 0 Å². The van der Waals surface area contributed by atoms with E-state index >= 15 is 0 Å². The van der Waals surface area contributed by atoms with Gasteiger partial charge in [-0.05, 0) is 23.3 Å². The zero-order valence-corrected chi connectivity index (χ0v) is 13.1. The van der Waals surface area contributed by atoms with E-state index < -0.39 is 0 Å². The Bertz CT molecular complexity index is 795. The van der Waals surface area contributed by atoms with Crippen LogP contribution in [-0.2, 0) is 0 Å². The van der Waals surface area contributed by atoms with E-state index in [1.54, 1.807) is 0 Å². The highest BCUT2D eigenvalue weighted by atomic mass is 15.3. The molecule has 0 aliphatic carbocycles. The average Bonchev–Trinajstić information content (AvgIpc) is 2.67. The van der Waals surface area contributed by atoms with E-state index in [4.69, 9.17) is 0 Å². The second-order valence-corrected chi connectivity index (χ2v) is 5.34. The van der Waals surface area contributed by atoms with Crippen LogP contribution in [0, 0.1) is 11.3 Å². The number of benzene rings is 3. The zero-order chi connectivity index (χ0) is 16.6. The molecular weight excluding hydrogens is 294 g/mol. The first-order valence-corrected chi connectivity index (χ1v) is 7.77. The lowest BCUT2D eigenvalue weighted by atomic mass is 9.88. The van der Waals surface area contributed by atoms with Crippen molar-refractivity contribution in [1.82, 2.24) is 0 Å². The Hall–Kier alpha value is -3.38. The molecule has 1 N–H and O–H groups in total. The molecule has 3 aromatic rings. The molecule has 0 spiro atoms. The fourth-order valence-corrected chi connectivity index (χ4v) is 2.59. The zero-order valence-electron chi connectivity index (χ0n) is 13.1. The molecule has 0 aliphatic heterocycles. The summed E-state index contributed by atoms with van der Waals surface area (Å²) in [6, 6.07) is 31.8. The van der Waals surface area contributed by atoms with Crippen LogP contribution in [0.3, 0.4) is 0 Å². The van der Waals surface area contributed by atoms with Gasteiger partial charge in [-0.1, -0.05) is 78.9 Å². The number of nitrogens with zero attached hydrogens (tertiary/aromatic N) is 2. The summed E-state index contributed by atoms with van der Waals surface area (Å²) >= 11 is 0. The summed E-state index contributed by atoms with van der Waals surface area (Å²) in [4.78, 5) is 0. The van der Waals surface area contributed by atoms with Crippen molar-refractivity contribution in [2.75, 3.05) is 5.43 Å². The SMILES string of the molecule is N#C/C(=N/Nc1ccccc1)C(c1ccccc1)c1ccccc1. The number of rotatable bonds is 5. The standard InChI is InChI=1S/C21H17N3/c22-16-20(24-23-19-14-8-3-9-15-19)21(17-10-4-1-5-11-17)18-12-6-2-7-13-18/h1-15,21,23H/b24-20-. The number of nitriles is 1. The number of nitrogens with one attached hydrogen (secondary N) is 1. The van der Waals surface area contributed by atoms with Gasteiger partial charge in [-0.2, -0.15) is 10.4 Å². The molecule has 0 atom stereocenters. The Morgan fingerprint density at radius 1 is 0.750 bits per heavy atom. The summed E-state index contributed by atoms with van der Waals surface area (Å²) in [6.45, 7) is 0. The highest BCUT2D eigenvalue weighted by molar-refractivity contribution is 6.05. The van der Waals surface area contributed by atoms with Gasteiger partial charge in [-0.25, -0.2) is 0 Å². The highest BCUT2D eigenvalue weighted by Crippen LogP contribution is 2.26. The minimum atomic E-state index is -0.200. The average molecular weight is 311 g/mol. The van der Waals surface area contributed by atoms with Crippen LogP contribution in [0.4, 0.5) is 5.69 Å². The maximum absolute atomic E-state index is 9.68. The van der Waals surface area contributed by atoms with Gasteiger partial charge in [0.1, 0.15) is 11.8 Å². The summed E-state index contributed by atoms with van der Waals surface area (Å²) in [5.74, 6) is -0.200. The van der Waals surface area contributed by atoms with E-state index in [9.17, 15) is 5.26 Å². The lowest BCUT2D eigenvalue weighted by Gasteiger charge is -2.16. The molecule has 0 heterocycles. The third-order valence-electron chi connectivity index (χ3n) is 3.73. The molecule has 0 amide bonds. The van der Waals surface area contributed by atoms with Crippen LogP contribution in [0.25, 0.3) is 0 Å². The van der Waals surface area contributed by atoms with Gasteiger partial charge in [0.15, 0.2) is 0 Å². The van der Waals surface area contributed by atoms with Crippen LogP contribution in [-0.4, -0.2) is 5.71 Å². The van der Waals surface area contributed by atoms with Gasteiger partial charge in [-0.3, -0.25) is 5.43 Å². The monoisotopic (exact) mass is 311 g/mol. The summed E-state index contributed by atoms with van der Waals surface area (Å²) in [5.41, 5.74) is 6.34. The van der Waals surface area contributed by atoms with Gasteiger partial charge < -0.3 is 0 Å². The molecule has 0 aromatic heterocycles. The largest absolute Gasteiger partial charge is 0.278 e. The summed E-state index contributed by atoms with van der Waals surface area (Å²) in [6.07, 6.45) is 0. The van der Waals surface area contributed by atoms with Crippen molar-refractivity contribution in [3.05, 3.63) is 102 Å². The van der Waals surface area contributed by atoms with Crippen LogP contribution in [0.1, 0.15) is 17.0 Å². The molecule has 0 unspecified atom stereocenters. The number of para-hydroxylation sites is 1. The predicted molar refractivity (Wildman–Crippen MR) is 97.8 cm³/mol. The van der Waals surface area contributed by atoms with E-state index in [1.165, 1.54) is 0 Å². The third-order valence-corrected chi connectivity index (χ3v) is 3.73. The van der Waals surface area contributed by atoms with Crippen LogP contribution in [0.2, 0.25) is 0 Å². The maximum atomic E-state index is 9.68. The van der Waals surface area contributed by atoms with E-state index in [0.29, 0.717) is 5.71 Å². The normalized spacial score (nSPS) is 11.1. The van der Waals surface area contributed by atoms with Gasteiger partial charge in [0.05, 0.1) is 11.6 Å². The van der Waals surface area contributed by atoms with Crippen LogP contribution in [0.15, 0.2) is 96.1 Å². The van der Waals surface area contributed by atoms with E-state index in [2.05, 4.69) is 16.6 Å². The van der Waals surface area contributed by atoms with E-state index in [1.807, 2.05) is 91.0 Å². The Balaban J connectivity index is 1.99. The second-order valence-electron chi connectivity index (χ2n) is 5.34. The third kappa shape index (κ3) is 3.68. The smallest absolute Gasteiger partial charge is 0.149 e. The molecular formula is C21H17N3. The first-order chi connectivity index (χ1) is 11.9. The lowest BCUT2D eigenvalue weighted by molar-refractivity contribution is 1.07. The maximum Gasteiger partial charge on any atom is 0.149 e. The fourth-order valence-electron chi connectivity index (χ4n) is 2.59. The topological polar surface area (TPSA) is 48.2 Å². The molecule has 24 heavy (non-hydrogen) atoms. The van der Waals surface area contributed by atoms with Crippen LogP contribution in [0.5, 0.6) is 0 Å². The fraction of sp³-hybridized carbons (Fsp3) is 0.0476. The molecule has 116 valence electrons. The number of hydrazone groups is 1. The van der Waals surface area contributed by atoms with E-state index in [-0.39, 0.29) is 5.92 Å². The van der Waals surface area contributed by atoms with Gasteiger partial charge in [0.2, 0.25) is 0 Å². The minimum absolute atomic E-state index is 0.200. The molecule has 3 nitrogen and oxygen atoms in total. The Labute approximate surface area is 141 Å². The number of anilines is 1. The molecule has 3 aromatic carbocycles. The van der Waals surface area contributed by atoms with E-state index in [0.717, 1.165) is 16.8 Å². The van der Waals surface area contributed by atoms with Crippen molar-refractivity contribution in [2.24, 2.45) is 5.10 Å². The predicted octanol–water partition coefficient (Wildman–Crippen LogP) is 4.81. The van der Waals surface area contributed by atoms with Crippen LogP contribution >= 0.6 is 0 Å². The Morgan fingerprint density at radius 3 is 1.67 bits per heavy atom. The molecule has 0 aliphatic rings. The van der Waals surface area contributed by atoms with Gasteiger partial charge >= 0.3 is 0 Å². The van der Waals surface area contributed by atoms with Gasteiger partial charge in [0.25, 0.3) is 0 Å². The molecule has 0 saturated carbocycles. The minimum Gasteiger partial charge on any atom is -0.278 e. The summed E-state index contributed by atoms with van der Waals surface area (Å²) < 4.78 is 0. The Kier molecular flexibility index (Phi) is 5.01.